The molecule has 154 valence electrons. The minimum atomic E-state index is -0.869. The second-order valence-electron chi connectivity index (χ2n) is 8.11. The van der Waals surface area contributed by atoms with Crippen molar-refractivity contribution in [3.63, 3.8) is 0 Å². The van der Waals surface area contributed by atoms with Gasteiger partial charge in [-0.25, -0.2) is 5.43 Å². The molecule has 0 aromatic rings. The first kappa shape index (κ1) is 23.8. The van der Waals surface area contributed by atoms with Gasteiger partial charge in [-0.3, -0.25) is 14.4 Å². The molecule has 0 spiro atoms. The van der Waals surface area contributed by atoms with E-state index in [0.717, 1.165) is 44.4 Å². The smallest absolute Gasteiger partial charge is 0.309 e. The van der Waals surface area contributed by atoms with E-state index in [1.807, 2.05) is 32.7 Å². The third kappa shape index (κ3) is 6.68. The highest BCUT2D eigenvalue weighted by Gasteiger charge is 2.38. The highest BCUT2D eigenvalue weighted by molar-refractivity contribution is 8.14. The van der Waals surface area contributed by atoms with Gasteiger partial charge in [0.1, 0.15) is 6.04 Å². The zero-order valence-corrected chi connectivity index (χ0v) is 18.2. The van der Waals surface area contributed by atoms with E-state index in [2.05, 4.69) is 15.8 Å². The van der Waals surface area contributed by atoms with Crippen molar-refractivity contribution in [1.82, 2.24) is 15.6 Å². The summed E-state index contributed by atoms with van der Waals surface area (Å²) >= 11 is 1.53. The fourth-order valence-electron chi connectivity index (χ4n) is 3.18. The van der Waals surface area contributed by atoms with Crippen LogP contribution >= 0.6 is 24.2 Å². The molecule has 0 radical (unpaired) electrons. The van der Waals surface area contributed by atoms with Crippen molar-refractivity contribution in [3.05, 3.63) is 0 Å². The van der Waals surface area contributed by atoms with Crippen LogP contribution in [0.3, 0.4) is 0 Å². The van der Waals surface area contributed by atoms with Gasteiger partial charge in [0.25, 0.3) is 0 Å². The molecule has 1 heterocycles. The van der Waals surface area contributed by atoms with Crippen LogP contribution in [0.1, 0.15) is 52.9 Å². The van der Waals surface area contributed by atoms with Gasteiger partial charge in [-0.2, -0.15) is 0 Å². The lowest BCUT2D eigenvalue weighted by molar-refractivity contribution is -0.142. The molecule has 1 aliphatic carbocycles. The molecular weight excluding hydrogens is 388 g/mol. The van der Waals surface area contributed by atoms with Gasteiger partial charge in [0.05, 0.1) is 0 Å². The molecule has 0 unspecified atom stereocenters. The first-order valence-electron chi connectivity index (χ1n) is 9.26. The Morgan fingerprint density at radius 2 is 1.81 bits per heavy atom. The highest BCUT2D eigenvalue weighted by atomic mass is 35.5. The number of nitrogens with zero attached hydrogens (tertiary/aromatic N) is 2. The summed E-state index contributed by atoms with van der Waals surface area (Å²) in [5.74, 6) is -0.725. The quantitative estimate of drug-likeness (QED) is 0.527. The summed E-state index contributed by atoms with van der Waals surface area (Å²) in [5.41, 5.74) is 1.78. The van der Waals surface area contributed by atoms with Gasteiger partial charge in [0.2, 0.25) is 11.7 Å². The number of hydrogen-bond acceptors (Lipinski definition) is 5. The zero-order valence-electron chi connectivity index (χ0n) is 16.5. The molecular formula is C18H31ClN4O3S. The van der Waals surface area contributed by atoms with Crippen molar-refractivity contribution in [3.8, 4) is 0 Å². The van der Waals surface area contributed by atoms with Crippen LogP contribution in [0.15, 0.2) is 5.10 Å². The lowest BCUT2D eigenvalue weighted by Crippen LogP contribution is -2.54. The number of nitrogens with one attached hydrogen (secondary N) is 2. The average Bonchev–Trinajstić information content (AvgIpc) is 3.01. The van der Waals surface area contributed by atoms with E-state index >= 15 is 0 Å². The Hall–Kier alpha value is -1.28. The average molecular weight is 419 g/mol. The number of amides is 2. The number of carbonyl (C=O) groups is 3. The number of Topliss-reactive ketones (excluding diaryl/α,β-unsaturated/α-hetero) is 1. The lowest BCUT2D eigenvalue weighted by atomic mass is 9.82. The molecule has 1 saturated carbocycles. The number of ketones is 1. The Balaban J connectivity index is 0.00000364. The highest BCUT2D eigenvalue weighted by Crippen LogP contribution is 2.26. The van der Waals surface area contributed by atoms with E-state index in [1.165, 1.54) is 11.8 Å². The molecule has 2 amide bonds. The Morgan fingerprint density at radius 3 is 2.33 bits per heavy atom. The molecule has 0 aromatic carbocycles. The molecule has 2 aliphatic rings. The molecule has 7 nitrogen and oxygen atoms in total. The maximum atomic E-state index is 12.7. The van der Waals surface area contributed by atoms with Crippen molar-refractivity contribution >= 4 is 46.9 Å². The Kier molecular flexibility index (Phi) is 9.08. The van der Waals surface area contributed by atoms with Crippen LogP contribution in [-0.4, -0.2) is 53.1 Å². The number of amidine groups is 1. The fraction of sp³-hybridized carbons (Fsp3) is 0.778. The summed E-state index contributed by atoms with van der Waals surface area (Å²) in [6, 6.07) is -0.869. The first-order chi connectivity index (χ1) is 12.2. The van der Waals surface area contributed by atoms with E-state index < -0.39 is 23.1 Å². The maximum absolute atomic E-state index is 12.7. The second kappa shape index (κ2) is 10.3. The van der Waals surface area contributed by atoms with Crippen molar-refractivity contribution in [2.24, 2.45) is 16.4 Å². The minimum Gasteiger partial charge on any atom is -0.352 e. The van der Waals surface area contributed by atoms with Crippen LogP contribution < -0.4 is 10.7 Å². The Morgan fingerprint density at radius 1 is 1.19 bits per heavy atom. The van der Waals surface area contributed by atoms with Crippen molar-refractivity contribution < 1.29 is 14.4 Å². The molecule has 9 heteroatoms. The normalized spacial score (nSPS) is 20.7. The van der Waals surface area contributed by atoms with Crippen molar-refractivity contribution in [2.45, 2.75) is 58.9 Å². The molecule has 2 fully saturated rings. The predicted molar refractivity (Wildman–Crippen MR) is 111 cm³/mol. The third-order valence-electron chi connectivity index (χ3n) is 4.85. The van der Waals surface area contributed by atoms with Crippen LogP contribution in [0, 0.1) is 11.3 Å². The topological polar surface area (TPSA) is 90.9 Å². The van der Waals surface area contributed by atoms with Gasteiger partial charge >= 0.3 is 5.91 Å². The van der Waals surface area contributed by atoms with Crippen LogP contribution in [0.4, 0.5) is 0 Å². The fourth-order valence-corrected chi connectivity index (χ4v) is 4.15. The summed E-state index contributed by atoms with van der Waals surface area (Å²) in [6.45, 7) is 6.39. The summed E-state index contributed by atoms with van der Waals surface area (Å²) in [6.07, 6.45) is 4.92. The molecule has 2 rings (SSSR count). The monoisotopic (exact) mass is 418 g/mol. The van der Waals surface area contributed by atoms with Crippen molar-refractivity contribution in [1.29, 1.82) is 0 Å². The zero-order chi connectivity index (χ0) is 19.3. The third-order valence-corrected chi connectivity index (χ3v) is 5.90. The van der Waals surface area contributed by atoms with Crippen LogP contribution in [0.25, 0.3) is 0 Å². The van der Waals surface area contributed by atoms with E-state index in [9.17, 15) is 14.4 Å². The summed E-state index contributed by atoms with van der Waals surface area (Å²) in [7, 11) is 1.88. The van der Waals surface area contributed by atoms with E-state index in [4.69, 9.17) is 0 Å². The van der Waals surface area contributed by atoms with Gasteiger partial charge in [-0.15, -0.1) is 17.5 Å². The van der Waals surface area contributed by atoms with Gasteiger partial charge in [0.15, 0.2) is 5.17 Å². The summed E-state index contributed by atoms with van der Waals surface area (Å²) in [5, 5.41) is 7.55. The molecule has 2 N–H and O–H groups in total. The van der Waals surface area contributed by atoms with Gasteiger partial charge in [-0.05, 0) is 18.3 Å². The lowest BCUT2D eigenvalue weighted by Gasteiger charge is -2.31. The second-order valence-corrected chi connectivity index (χ2v) is 9.17. The molecule has 0 aromatic heterocycles. The number of carbonyl (C=O) groups excluding carboxylic acids is 3. The predicted octanol–water partition coefficient (Wildman–Crippen LogP) is 2.15. The molecule has 1 atom stereocenters. The van der Waals surface area contributed by atoms with Crippen LogP contribution in [0.2, 0.25) is 0 Å². The first-order valence-corrected chi connectivity index (χ1v) is 10.2. The molecule has 1 saturated heterocycles. The Labute approximate surface area is 171 Å². The standard InChI is InChI=1S/C18H30N4O3S.ClH/c1-18(2,3)14(19-15(24)12-8-6-5-7-9-12)13(23)16(25)20-21-17-22(4)10-11-26-17;/h12,14H,5-11H2,1-4H3,(H,19,24)(H,20,25);1H/t14-;/m1./s1. The maximum Gasteiger partial charge on any atom is 0.309 e. The van der Waals surface area contributed by atoms with Crippen molar-refractivity contribution in [2.75, 3.05) is 19.3 Å². The SMILES string of the molecule is CN1CCSC1=NNC(=O)C(=O)[C@@H](NC(=O)C1CCCCC1)C(C)(C)C.Cl. The van der Waals surface area contributed by atoms with E-state index in [-0.39, 0.29) is 24.2 Å². The molecule has 27 heavy (non-hydrogen) atoms. The largest absolute Gasteiger partial charge is 0.352 e. The molecule has 1 aliphatic heterocycles. The Bertz CT molecular complexity index is 586. The summed E-state index contributed by atoms with van der Waals surface area (Å²) in [4.78, 5) is 39.5. The number of halogens is 1. The van der Waals surface area contributed by atoms with Gasteiger partial charge in [0, 0.05) is 25.3 Å². The number of rotatable bonds is 5. The molecule has 0 bridgehead atoms. The van der Waals surface area contributed by atoms with Crippen LogP contribution in [-0.2, 0) is 14.4 Å². The van der Waals surface area contributed by atoms with E-state index in [1.54, 1.807) is 0 Å². The number of hydrazone groups is 1. The summed E-state index contributed by atoms with van der Waals surface area (Å²) < 4.78 is 0. The van der Waals surface area contributed by atoms with Crippen LogP contribution in [0.5, 0.6) is 0 Å². The number of thioether (sulfide) groups is 1. The van der Waals surface area contributed by atoms with Gasteiger partial charge < -0.3 is 10.2 Å². The minimum absolute atomic E-state index is 0. The van der Waals surface area contributed by atoms with Gasteiger partial charge in [-0.1, -0.05) is 51.8 Å². The van der Waals surface area contributed by atoms with E-state index in [0.29, 0.717) is 5.17 Å². The number of hydrogen-bond donors (Lipinski definition) is 2.